The Morgan fingerprint density at radius 2 is 2.03 bits per heavy atom. The molecule has 3 aromatic rings. The zero-order valence-corrected chi connectivity index (χ0v) is 18.8. The summed E-state index contributed by atoms with van der Waals surface area (Å²) in [6, 6.07) is 3.68. The molecule has 0 saturated carbocycles. The number of halogens is 2. The maximum Gasteiger partial charge on any atom is 0.261 e. The number of carbonyl (C=O) groups excluding carboxylic acids is 1. The van der Waals surface area contributed by atoms with Crippen molar-refractivity contribution in [1.29, 1.82) is 0 Å². The molecule has 1 aliphatic rings. The van der Waals surface area contributed by atoms with E-state index in [4.69, 9.17) is 0 Å². The number of carbonyl (C=O) groups is 1. The number of benzene rings is 1. The molecular formula is C23H24F2N4O3S. The molecule has 4 rings (SSSR count). The third-order valence-corrected chi connectivity index (χ3v) is 7.09. The van der Waals surface area contributed by atoms with E-state index in [1.165, 1.54) is 6.20 Å². The molecular weight excluding hydrogens is 450 g/mol. The van der Waals surface area contributed by atoms with Gasteiger partial charge in [0.25, 0.3) is 5.91 Å². The summed E-state index contributed by atoms with van der Waals surface area (Å²) in [5, 5.41) is 3.44. The number of allylic oxidation sites excluding steroid dienone is 2. The van der Waals surface area contributed by atoms with Crippen molar-refractivity contribution in [3.63, 3.8) is 0 Å². The van der Waals surface area contributed by atoms with Crippen LogP contribution in [0, 0.1) is 11.6 Å². The van der Waals surface area contributed by atoms with E-state index < -0.39 is 38.8 Å². The van der Waals surface area contributed by atoms with Crippen LogP contribution in [0.25, 0.3) is 11.0 Å². The smallest absolute Gasteiger partial charge is 0.261 e. The predicted octanol–water partition coefficient (Wildman–Crippen LogP) is 5.07. The lowest BCUT2D eigenvalue weighted by Crippen LogP contribution is -2.21. The van der Waals surface area contributed by atoms with E-state index in [1.807, 2.05) is 6.07 Å². The van der Waals surface area contributed by atoms with E-state index in [2.05, 4.69) is 32.2 Å². The van der Waals surface area contributed by atoms with Gasteiger partial charge < -0.3 is 10.3 Å². The zero-order chi connectivity index (χ0) is 23.6. The summed E-state index contributed by atoms with van der Waals surface area (Å²) in [5.41, 5.74) is 0.521. The first-order chi connectivity index (χ1) is 15.8. The van der Waals surface area contributed by atoms with Crippen LogP contribution in [-0.4, -0.2) is 30.0 Å². The Morgan fingerprint density at radius 3 is 2.76 bits per heavy atom. The Hall–Kier alpha value is -3.27. The number of sulfonamides is 1. The second-order valence-corrected chi connectivity index (χ2v) is 9.81. The monoisotopic (exact) mass is 474 g/mol. The van der Waals surface area contributed by atoms with Crippen LogP contribution in [0.5, 0.6) is 0 Å². The van der Waals surface area contributed by atoms with Crippen LogP contribution < -0.4 is 10.0 Å². The van der Waals surface area contributed by atoms with Gasteiger partial charge in [0.1, 0.15) is 17.0 Å². The normalized spacial score (nSPS) is 16.2. The van der Waals surface area contributed by atoms with Crippen molar-refractivity contribution in [2.24, 2.45) is 0 Å². The summed E-state index contributed by atoms with van der Waals surface area (Å²) in [6.45, 7) is 1.66. The minimum atomic E-state index is -3.82. The van der Waals surface area contributed by atoms with Crippen molar-refractivity contribution in [3.8, 4) is 0 Å². The number of hydrogen-bond acceptors (Lipinski definition) is 4. The van der Waals surface area contributed by atoms with Crippen LogP contribution in [0.3, 0.4) is 0 Å². The number of pyridine rings is 1. The van der Waals surface area contributed by atoms with Gasteiger partial charge in [-0.05, 0) is 55.4 Å². The highest BCUT2D eigenvalue weighted by Gasteiger charge is 2.26. The first kappa shape index (κ1) is 22.9. The summed E-state index contributed by atoms with van der Waals surface area (Å²) < 4.78 is 55.7. The second-order valence-electron chi connectivity index (χ2n) is 7.97. The molecule has 7 nitrogen and oxygen atoms in total. The van der Waals surface area contributed by atoms with Crippen LogP contribution >= 0.6 is 0 Å². The molecule has 0 saturated heterocycles. The number of anilines is 2. The molecule has 1 aliphatic carbocycles. The van der Waals surface area contributed by atoms with Crippen molar-refractivity contribution in [2.45, 2.75) is 38.5 Å². The molecule has 10 heteroatoms. The van der Waals surface area contributed by atoms with Gasteiger partial charge in [0.15, 0.2) is 5.82 Å². The van der Waals surface area contributed by atoms with Crippen LogP contribution in [0.1, 0.15) is 54.4 Å². The molecule has 1 aromatic carbocycles. The highest BCUT2D eigenvalue weighted by molar-refractivity contribution is 7.92. The Bertz CT molecular complexity index is 1330. The van der Waals surface area contributed by atoms with Crippen molar-refractivity contribution < 1.29 is 22.0 Å². The van der Waals surface area contributed by atoms with Crippen molar-refractivity contribution >= 4 is 38.3 Å². The topological polar surface area (TPSA) is 104 Å². The number of H-pyrrole nitrogens is 1. The Morgan fingerprint density at radius 1 is 1.21 bits per heavy atom. The third kappa shape index (κ3) is 4.75. The summed E-state index contributed by atoms with van der Waals surface area (Å²) >= 11 is 0. The number of aromatic amines is 1. The highest BCUT2D eigenvalue weighted by atomic mass is 32.2. The molecule has 0 bridgehead atoms. The van der Waals surface area contributed by atoms with E-state index in [0.717, 1.165) is 42.3 Å². The largest absolute Gasteiger partial charge is 0.346 e. The molecule has 3 N–H and O–H groups in total. The maximum absolute atomic E-state index is 15.1. The van der Waals surface area contributed by atoms with Gasteiger partial charge in [-0.2, -0.15) is 0 Å². The molecule has 174 valence electrons. The van der Waals surface area contributed by atoms with Crippen LogP contribution in [0.2, 0.25) is 0 Å². The van der Waals surface area contributed by atoms with Crippen molar-refractivity contribution in [3.05, 3.63) is 65.5 Å². The Kier molecular flexibility index (Phi) is 6.46. The molecule has 1 unspecified atom stereocenters. The second kappa shape index (κ2) is 9.30. The van der Waals surface area contributed by atoms with Crippen LogP contribution in [0.4, 0.5) is 20.2 Å². The zero-order valence-electron chi connectivity index (χ0n) is 18.0. The average molecular weight is 475 g/mol. The third-order valence-electron chi connectivity index (χ3n) is 5.61. The van der Waals surface area contributed by atoms with Gasteiger partial charge in [-0.1, -0.05) is 19.1 Å². The number of fused-ring (bicyclic) bond motifs is 1. The average Bonchev–Trinajstić information content (AvgIpc) is 3.25. The number of rotatable bonds is 7. The predicted molar refractivity (Wildman–Crippen MR) is 124 cm³/mol. The molecule has 2 heterocycles. The Labute approximate surface area is 190 Å². The Balaban J connectivity index is 1.71. The summed E-state index contributed by atoms with van der Waals surface area (Å²) in [7, 11) is -3.82. The van der Waals surface area contributed by atoms with Gasteiger partial charge in [0, 0.05) is 11.6 Å². The SMILES string of the molecule is CCCS(=O)(=O)Nc1ccc(F)c(C(=O)Nc2cnc3[nH]ccc3c2C2CC=CCC2)c1F. The van der Waals surface area contributed by atoms with Crippen LogP contribution in [0.15, 0.2) is 42.7 Å². The lowest BCUT2D eigenvalue weighted by Gasteiger charge is -2.22. The highest BCUT2D eigenvalue weighted by Crippen LogP contribution is 2.38. The van der Waals surface area contributed by atoms with Gasteiger partial charge in [0.2, 0.25) is 10.0 Å². The summed E-state index contributed by atoms with van der Waals surface area (Å²) in [4.78, 5) is 20.3. The van der Waals surface area contributed by atoms with Gasteiger partial charge in [-0.25, -0.2) is 22.2 Å². The molecule has 0 spiro atoms. The van der Waals surface area contributed by atoms with Crippen molar-refractivity contribution in [1.82, 2.24) is 9.97 Å². The van der Waals surface area contributed by atoms with Gasteiger partial charge in [0.05, 0.1) is 23.3 Å². The van der Waals surface area contributed by atoms with Crippen LogP contribution in [-0.2, 0) is 10.0 Å². The first-order valence-corrected chi connectivity index (χ1v) is 12.4. The molecule has 0 radical (unpaired) electrons. The number of amides is 1. The molecule has 2 aromatic heterocycles. The quantitative estimate of drug-likeness (QED) is 0.416. The van der Waals surface area contributed by atoms with Gasteiger partial charge >= 0.3 is 0 Å². The molecule has 1 atom stereocenters. The molecule has 1 amide bonds. The molecule has 0 fully saturated rings. The number of hydrogen-bond donors (Lipinski definition) is 3. The fourth-order valence-corrected chi connectivity index (χ4v) is 5.27. The van der Waals surface area contributed by atoms with Gasteiger partial charge in [-0.15, -0.1) is 0 Å². The van der Waals surface area contributed by atoms with E-state index in [0.29, 0.717) is 17.8 Å². The summed E-state index contributed by atoms with van der Waals surface area (Å²) in [6.07, 6.45) is 10.2. The lowest BCUT2D eigenvalue weighted by molar-refractivity contribution is 0.101. The number of aromatic nitrogens is 2. The van der Waals surface area contributed by atoms with Crippen molar-refractivity contribution in [2.75, 3.05) is 15.8 Å². The lowest BCUT2D eigenvalue weighted by atomic mass is 9.86. The van der Waals surface area contributed by atoms with E-state index in [-0.39, 0.29) is 11.7 Å². The van der Waals surface area contributed by atoms with Gasteiger partial charge in [-0.3, -0.25) is 9.52 Å². The van der Waals surface area contributed by atoms with E-state index in [9.17, 15) is 17.6 Å². The van der Waals surface area contributed by atoms with E-state index >= 15 is 4.39 Å². The fourth-order valence-electron chi connectivity index (χ4n) is 4.14. The fraction of sp³-hybridized carbons (Fsp3) is 0.304. The minimum absolute atomic E-state index is 0.105. The first-order valence-electron chi connectivity index (χ1n) is 10.7. The summed E-state index contributed by atoms with van der Waals surface area (Å²) in [5.74, 6) is -3.52. The number of nitrogens with zero attached hydrogens (tertiary/aromatic N) is 1. The number of nitrogens with one attached hydrogen (secondary N) is 3. The maximum atomic E-state index is 15.1. The minimum Gasteiger partial charge on any atom is -0.346 e. The molecule has 33 heavy (non-hydrogen) atoms. The van der Waals surface area contributed by atoms with E-state index in [1.54, 1.807) is 13.1 Å². The molecule has 0 aliphatic heterocycles. The standard InChI is InChI=1S/C23H24F2N4O3S/c1-2-12-33(31,32)29-17-9-8-16(24)20(21(17)25)23(30)28-18-13-27-22-15(10-11-26-22)19(18)14-6-4-3-5-7-14/h3-4,8-11,13-14,29H,2,5-7,12H2,1H3,(H,26,27)(H,28,30).